The minimum absolute atomic E-state index is 0.0146. The van der Waals surface area contributed by atoms with Gasteiger partial charge in [0.2, 0.25) is 3.79 Å². The fourth-order valence-corrected chi connectivity index (χ4v) is 5.23. The fraction of sp³-hybridized carbons (Fsp3) is 0.0417. The first-order chi connectivity index (χ1) is 14.4. The Morgan fingerprint density at radius 3 is 1.23 bits per heavy atom. The Balaban J connectivity index is 0.000000199. The minimum Gasteiger partial charge on any atom is -0.237 e. The number of alkyl halides is 3. The van der Waals surface area contributed by atoms with Crippen molar-refractivity contribution in [3.05, 3.63) is 120 Å². The van der Waals surface area contributed by atoms with Crippen molar-refractivity contribution in [3.63, 3.8) is 0 Å². The molecule has 30 heavy (non-hydrogen) atoms. The zero-order valence-electron chi connectivity index (χ0n) is 15.8. The number of pyridine rings is 1. The second kappa shape index (κ2) is 11.1. The van der Waals surface area contributed by atoms with E-state index in [1.165, 1.54) is 14.7 Å². The van der Waals surface area contributed by atoms with Crippen LogP contribution in [0.15, 0.2) is 124 Å². The Morgan fingerprint density at radius 1 is 0.533 bits per heavy atom. The average Bonchev–Trinajstić information content (AvgIpc) is 2.76. The second-order valence-electron chi connectivity index (χ2n) is 6.09. The summed E-state index contributed by atoms with van der Waals surface area (Å²) in [7, 11) is -0.0146. The topological polar surface area (TPSA) is 12.9 Å². The number of nitrogens with zero attached hydrogens (tertiary/aromatic N) is 1. The van der Waals surface area contributed by atoms with E-state index in [4.69, 9.17) is 46.4 Å². The molecule has 1 heterocycles. The fourth-order valence-electron chi connectivity index (χ4n) is 2.64. The zero-order valence-corrected chi connectivity index (χ0v) is 19.6. The van der Waals surface area contributed by atoms with E-state index in [1.807, 2.05) is 0 Å². The quantitative estimate of drug-likeness (QED) is 0.159. The number of rotatable bonds is 3. The van der Waals surface area contributed by atoms with E-state index < -0.39 is 3.79 Å². The summed E-state index contributed by atoms with van der Waals surface area (Å²) in [5, 5.41) is 0.314. The molecule has 0 aliphatic carbocycles. The van der Waals surface area contributed by atoms with Crippen LogP contribution in [0, 0.1) is 0 Å². The molecule has 0 radical (unpaired) electrons. The van der Waals surface area contributed by atoms with Crippen molar-refractivity contribution in [2.75, 3.05) is 0 Å². The van der Waals surface area contributed by atoms with Crippen molar-refractivity contribution in [2.45, 2.75) is 18.5 Å². The van der Waals surface area contributed by atoms with Gasteiger partial charge in [-0.15, -0.1) is 0 Å². The molecular weight excluding hydrogens is 476 g/mol. The molecule has 1 aromatic heterocycles. The van der Waals surface area contributed by atoms with Crippen LogP contribution in [-0.2, 0) is 14.7 Å². The summed E-state index contributed by atoms with van der Waals surface area (Å²) in [6, 6.07) is 37.0. The monoisotopic (exact) mass is 492 g/mol. The molecule has 6 heteroatoms. The second-order valence-corrected chi connectivity index (χ2v) is 10.8. The maximum atomic E-state index is 5.56. The van der Waals surface area contributed by atoms with Gasteiger partial charge in [0.1, 0.15) is 5.15 Å². The lowest BCUT2D eigenvalue weighted by Gasteiger charge is -2.08. The zero-order chi connectivity index (χ0) is 21.4. The van der Waals surface area contributed by atoms with Gasteiger partial charge < -0.3 is 0 Å². The van der Waals surface area contributed by atoms with Crippen LogP contribution in [-0.4, -0.2) is 4.98 Å². The number of hydrogen-bond acceptors (Lipinski definition) is 1. The molecule has 0 N–H and O–H groups in total. The molecule has 0 saturated carbocycles. The van der Waals surface area contributed by atoms with Gasteiger partial charge >= 0.3 is 0 Å². The van der Waals surface area contributed by atoms with Crippen molar-refractivity contribution in [2.24, 2.45) is 0 Å². The lowest BCUT2D eigenvalue weighted by molar-refractivity contribution is 1.09. The van der Waals surface area contributed by atoms with Crippen LogP contribution in [0.5, 0.6) is 0 Å². The van der Waals surface area contributed by atoms with Gasteiger partial charge in [0.25, 0.3) is 0 Å². The maximum Gasteiger partial charge on any atom is 0.232 e. The molecule has 3 aromatic carbocycles. The van der Waals surface area contributed by atoms with Crippen LogP contribution >= 0.6 is 46.4 Å². The molecule has 4 rings (SSSR count). The van der Waals surface area contributed by atoms with Gasteiger partial charge in [-0.05, 0) is 48.5 Å². The maximum absolute atomic E-state index is 5.56. The lowest BCUT2D eigenvalue weighted by atomic mass is 10.4. The highest BCUT2D eigenvalue weighted by atomic mass is 35.6. The van der Waals surface area contributed by atoms with Gasteiger partial charge in [-0.2, -0.15) is 0 Å². The van der Waals surface area contributed by atoms with Crippen LogP contribution in [0.3, 0.4) is 0 Å². The third-order valence-corrected chi connectivity index (χ3v) is 6.96. The summed E-state index contributed by atoms with van der Waals surface area (Å²) in [6.07, 6.45) is 0. The van der Waals surface area contributed by atoms with Crippen molar-refractivity contribution in [1.82, 2.24) is 4.98 Å². The standard InChI is InChI=1S/C18H15S.C6H3Cl4N/c1-4-10-16(11-5-1)19(17-12-6-2-7-13-17)18-14-8-3-9-15-18;7-5-3-1-2-4(11-5)6(8,9)10/h1-15H;1-3H/q+1;. The smallest absolute Gasteiger partial charge is 0.232 e. The van der Waals surface area contributed by atoms with E-state index in [1.54, 1.807) is 18.2 Å². The first kappa shape index (κ1) is 23.0. The van der Waals surface area contributed by atoms with Gasteiger partial charge in [0, 0.05) is 0 Å². The van der Waals surface area contributed by atoms with Gasteiger partial charge in [-0.1, -0.05) is 107 Å². The summed E-state index contributed by atoms with van der Waals surface area (Å²) in [6.45, 7) is 0. The summed E-state index contributed by atoms with van der Waals surface area (Å²) >= 11 is 22.2. The molecule has 0 bridgehead atoms. The highest BCUT2D eigenvalue weighted by Gasteiger charge is 2.27. The molecular formula is C24H18Cl4NS+. The average molecular weight is 494 g/mol. The van der Waals surface area contributed by atoms with E-state index in [0.29, 0.717) is 10.8 Å². The van der Waals surface area contributed by atoms with E-state index in [2.05, 4.69) is 96.0 Å². The molecule has 152 valence electrons. The predicted molar refractivity (Wildman–Crippen MR) is 130 cm³/mol. The molecule has 4 aromatic rings. The van der Waals surface area contributed by atoms with Crippen molar-refractivity contribution in [3.8, 4) is 0 Å². The summed E-state index contributed by atoms with van der Waals surface area (Å²) in [4.78, 5) is 7.90. The Hall–Kier alpha value is -1.68. The van der Waals surface area contributed by atoms with Gasteiger partial charge in [0.05, 0.1) is 16.6 Å². The van der Waals surface area contributed by atoms with Gasteiger partial charge in [-0.25, -0.2) is 4.98 Å². The molecule has 0 saturated heterocycles. The molecule has 0 spiro atoms. The van der Waals surface area contributed by atoms with E-state index in [0.717, 1.165) is 0 Å². The number of benzene rings is 3. The van der Waals surface area contributed by atoms with Crippen LogP contribution in [0.4, 0.5) is 0 Å². The molecule has 0 aliphatic rings. The summed E-state index contributed by atoms with van der Waals surface area (Å²) in [5.41, 5.74) is 0.329. The van der Waals surface area contributed by atoms with Gasteiger partial charge in [-0.3, -0.25) is 0 Å². The van der Waals surface area contributed by atoms with Crippen LogP contribution in [0.2, 0.25) is 5.15 Å². The summed E-state index contributed by atoms with van der Waals surface area (Å²) in [5.74, 6) is 0. The van der Waals surface area contributed by atoms with E-state index in [-0.39, 0.29) is 10.9 Å². The molecule has 0 amide bonds. The predicted octanol–water partition coefficient (Wildman–Crippen LogP) is 8.34. The number of halogens is 4. The summed E-state index contributed by atoms with van der Waals surface area (Å²) < 4.78 is -1.50. The van der Waals surface area contributed by atoms with E-state index >= 15 is 0 Å². The highest BCUT2D eigenvalue weighted by molar-refractivity contribution is 7.97. The molecule has 0 unspecified atom stereocenters. The van der Waals surface area contributed by atoms with Crippen molar-refractivity contribution < 1.29 is 0 Å². The third-order valence-electron chi connectivity index (χ3n) is 3.94. The Morgan fingerprint density at radius 2 is 0.933 bits per heavy atom. The highest BCUT2D eigenvalue weighted by Crippen LogP contribution is 2.37. The SMILES string of the molecule is Clc1cccc(C(Cl)(Cl)Cl)n1.c1ccc([S+](c2ccccc2)c2ccccc2)cc1. The molecule has 0 aliphatic heterocycles. The minimum atomic E-state index is -1.50. The van der Waals surface area contributed by atoms with Gasteiger partial charge in [0.15, 0.2) is 14.7 Å². The van der Waals surface area contributed by atoms with Crippen LogP contribution < -0.4 is 0 Å². The first-order valence-electron chi connectivity index (χ1n) is 9.04. The number of hydrogen-bond donors (Lipinski definition) is 0. The number of aromatic nitrogens is 1. The lowest BCUT2D eigenvalue weighted by Crippen LogP contribution is -2.04. The third kappa shape index (κ3) is 6.66. The normalized spacial score (nSPS) is 11.0. The van der Waals surface area contributed by atoms with Crippen molar-refractivity contribution >= 4 is 57.3 Å². The molecule has 0 fully saturated rings. The largest absolute Gasteiger partial charge is 0.237 e. The first-order valence-corrected chi connectivity index (χ1v) is 11.8. The van der Waals surface area contributed by atoms with Crippen LogP contribution in [0.1, 0.15) is 5.69 Å². The van der Waals surface area contributed by atoms with Crippen molar-refractivity contribution in [1.29, 1.82) is 0 Å². The Labute approximate surface area is 199 Å². The molecule has 1 nitrogen and oxygen atoms in total. The Bertz CT molecular complexity index is 945. The van der Waals surface area contributed by atoms with Crippen LogP contribution in [0.25, 0.3) is 0 Å². The molecule has 0 atom stereocenters. The van der Waals surface area contributed by atoms with E-state index in [9.17, 15) is 0 Å². The Kier molecular flexibility index (Phi) is 8.50.